The van der Waals surface area contributed by atoms with Gasteiger partial charge in [0.05, 0.1) is 4.90 Å². The van der Waals surface area contributed by atoms with Crippen LogP contribution < -0.4 is 0 Å². The fraction of sp³-hybridized carbons (Fsp3) is 0.300. The zero-order valence-corrected chi connectivity index (χ0v) is 8.95. The normalized spacial score (nSPS) is 20.6. The molecule has 0 amide bonds. The molecule has 15 heavy (non-hydrogen) atoms. The number of hydrogen-bond donors (Lipinski definition) is 0. The van der Waals surface area contributed by atoms with Crippen LogP contribution in [0, 0.1) is 6.92 Å². The molecule has 5 heteroatoms. The standard InChI is InChI=1S/C10H10O4S/c1-7-2-4-8(5-3-7)15(12,13)9-6-14-10(9)11/h2-5,9H,6H2,1H3. The molecular weight excluding hydrogens is 216 g/mol. The average Bonchev–Trinajstić information content (AvgIpc) is 2.15. The van der Waals surface area contributed by atoms with E-state index in [-0.39, 0.29) is 11.5 Å². The first-order chi connectivity index (χ1) is 7.01. The summed E-state index contributed by atoms with van der Waals surface area (Å²) in [5, 5.41) is -1.01. The van der Waals surface area contributed by atoms with E-state index in [4.69, 9.17) is 0 Å². The Bertz CT molecular complexity index is 487. The molecule has 4 nitrogen and oxygen atoms in total. The number of ether oxygens (including phenoxy) is 1. The number of carbonyl (C=O) groups is 1. The predicted octanol–water partition coefficient (Wildman–Crippen LogP) is 0.694. The van der Waals surface area contributed by atoms with Crippen molar-refractivity contribution in [2.45, 2.75) is 17.1 Å². The second kappa shape index (κ2) is 3.34. The zero-order chi connectivity index (χ0) is 11.1. The van der Waals surface area contributed by atoms with Gasteiger partial charge in [-0.3, -0.25) is 4.79 Å². The van der Waals surface area contributed by atoms with Gasteiger partial charge in [-0.25, -0.2) is 8.42 Å². The van der Waals surface area contributed by atoms with Crippen molar-refractivity contribution in [2.24, 2.45) is 0 Å². The lowest BCUT2D eigenvalue weighted by Gasteiger charge is -2.24. The zero-order valence-electron chi connectivity index (χ0n) is 8.14. The minimum atomic E-state index is -3.54. The Hall–Kier alpha value is -1.36. The third kappa shape index (κ3) is 1.63. The molecule has 0 radical (unpaired) electrons. The summed E-state index contributed by atoms with van der Waals surface area (Å²) in [6.45, 7) is 1.84. The molecular formula is C10H10O4S. The second-order valence-electron chi connectivity index (χ2n) is 3.48. The number of esters is 1. The summed E-state index contributed by atoms with van der Waals surface area (Å²) < 4.78 is 28.1. The Morgan fingerprint density at radius 3 is 2.27 bits per heavy atom. The fourth-order valence-electron chi connectivity index (χ4n) is 1.33. The van der Waals surface area contributed by atoms with E-state index < -0.39 is 21.1 Å². The van der Waals surface area contributed by atoms with E-state index in [2.05, 4.69) is 4.74 Å². The summed E-state index contributed by atoms with van der Waals surface area (Å²) >= 11 is 0. The molecule has 1 atom stereocenters. The van der Waals surface area contributed by atoms with Gasteiger partial charge in [0.1, 0.15) is 6.61 Å². The summed E-state index contributed by atoms with van der Waals surface area (Å²) in [6.07, 6.45) is 0. The maximum atomic E-state index is 11.8. The van der Waals surface area contributed by atoms with Crippen LogP contribution in [0.1, 0.15) is 5.56 Å². The monoisotopic (exact) mass is 226 g/mol. The Balaban J connectivity index is 2.37. The highest BCUT2D eigenvalue weighted by atomic mass is 32.2. The smallest absolute Gasteiger partial charge is 0.328 e. The van der Waals surface area contributed by atoms with Crippen LogP contribution in [0.15, 0.2) is 29.2 Å². The largest absolute Gasteiger partial charge is 0.463 e. The minimum Gasteiger partial charge on any atom is -0.463 e. The number of cyclic esters (lactones) is 1. The van der Waals surface area contributed by atoms with Crippen molar-refractivity contribution in [3.05, 3.63) is 29.8 Å². The molecule has 1 saturated heterocycles. The van der Waals surface area contributed by atoms with Gasteiger partial charge in [0.15, 0.2) is 15.1 Å². The molecule has 1 aliphatic rings. The topological polar surface area (TPSA) is 60.4 Å². The molecule has 1 fully saturated rings. The summed E-state index contributed by atoms with van der Waals surface area (Å²) in [5.74, 6) is -0.657. The van der Waals surface area contributed by atoms with Gasteiger partial charge in [-0.2, -0.15) is 0 Å². The van der Waals surface area contributed by atoms with E-state index in [1.165, 1.54) is 12.1 Å². The predicted molar refractivity (Wildman–Crippen MR) is 53.1 cm³/mol. The molecule has 1 aliphatic heterocycles. The van der Waals surface area contributed by atoms with Gasteiger partial charge in [0.2, 0.25) is 0 Å². The van der Waals surface area contributed by atoms with Gasteiger partial charge < -0.3 is 4.74 Å². The first-order valence-corrected chi connectivity index (χ1v) is 6.03. The summed E-state index contributed by atoms with van der Waals surface area (Å²) in [7, 11) is -3.54. The summed E-state index contributed by atoms with van der Waals surface area (Å²) in [6, 6.07) is 6.43. The van der Waals surface area contributed by atoms with Crippen molar-refractivity contribution in [1.29, 1.82) is 0 Å². The first-order valence-electron chi connectivity index (χ1n) is 4.49. The van der Waals surface area contributed by atoms with Gasteiger partial charge in [-0.15, -0.1) is 0 Å². The highest BCUT2D eigenvalue weighted by Gasteiger charge is 2.43. The van der Waals surface area contributed by atoms with E-state index in [0.717, 1.165) is 5.56 Å². The number of sulfone groups is 1. The lowest BCUT2D eigenvalue weighted by molar-refractivity contribution is -0.156. The van der Waals surface area contributed by atoms with E-state index in [0.29, 0.717) is 0 Å². The fourth-order valence-corrected chi connectivity index (χ4v) is 2.74. The molecule has 0 spiro atoms. The van der Waals surface area contributed by atoms with Crippen molar-refractivity contribution in [3.8, 4) is 0 Å². The quantitative estimate of drug-likeness (QED) is 0.696. The number of benzene rings is 1. The molecule has 0 bridgehead atoms. The van der Waals surface area contributed by atoms with Crippen molar-refractivity contribution in [3.63, 3.8) is 0 Å². The molecule has 1 unspecified atom stereocenters. The van der Waals surface area contributed by atoms with Crippen molar-refractivity contribution in [2.75, 3.05) is 6.61 Å². The van der Waals surface area contributed by atoms with Crippen molar-refractivity contribution >= 4 is 15.8 Å². The van der Waals surface area contributed by atoms with E-state index in [1.54, 1.807) is 12.1 Å². The van der Waals surface area contributed by atoms with Gasteiger partial charge in [0.25, 0.3) is 0 Å². The second-order valence-corrected chi connectivity index (χ2v) is 5.61. The highest BCUT2D eigenvalue weighted by molar-refractivity contribution is 7.93. The van der Waals surface area contributed by atoms with E-state index in [1.807, 2.05) is 6.92 Å². The Kier molecular flexibility index (Phi) is 2.26. The summed E-state index contributed by atoms with van der Waals surface area (Å²) in [5.41, 5.74) is 0.977. The van der Waals surface area contributed by atoms with Crippen LogP contribution in [0.3, 0.4) is 0 Å². The van der Waals surface area contributed by atoms with Crippen molar-refractivity contribution in [1.82, 2.24) is 0 Å². The lowest BCUT2D eigenvalue weighted by Crippen LogP contribution is -2.46. The van der Waals surface area contributed by atoms with Gasteiger partial charge in [0, 0.05) is 0 Å². The lowest BCUT2D eigenvalue weighted by atomic mass is 10.2. The molecule has 0 aromatic heterocycles. The van der Waals surface area contributed by atoms with E-state index >= 15 is 0 Å². The SMILES string of the molecule is Cc1ccc(S(=O)(=O)C2COC2=O)cc1. The van der Waals surface area contributed by atoms with E-state index in [9.17, 15) is 13.2 Å². The third-order valence-corrected chi connectivity index (χ3v) is 4.37. The van der Waals surface area contributed by atoms with Crippen molar-refractivity contribution < 1.29 is 17.9 Å². The maximum absolute atomic E-state index is 11.8. The molecule has 1 aromatic carbocycles. The first kappa shape index (κ1) is 10.2. The Morgan fingerprint density at radius 2 is 1.87 bits per heavy atom. The van der Waals surface area contributed by atoms with Gasteiger partial charge >= 0.3 is 5.97 Å². The van der Waals surface area contributed by atoms with Gasteiger partial charge in [-0.05, 0) is 19.1 Å². The van der Waals surface area contributed by atoms with Gasteiger partial charge in [-0.1, -0.05) is 17.7 Å². The number of rotatable bonds is 2. The van der Waals surface area contributed by atoms with Crippen LogP contribution >= 0.6 is 0 Å². The molecule has 80 valence electrons. The van der Waals surface area contributed by atoms with Crippen LogP contribution in [-0.4, -0.2) is 26.2 Å². The third-order valence-electron chi connectivity index (χ3n) is 2.36. The number of hydrogen-bond acceptors (Lipinski definition) is 4. The van der Waals surface area contributed by atoms with Crippen LogP contribution in [0.2, 0.25) is 0 Å². The molecule has 1 heterocycles. The molecule has 0 N–H and O–H groups in total. The molecule has 0 saturated carbocycles. The average molecular weight is 226 g/mol. The Morgan fingerprint density at radius 1 is 1.27 bits per heavy atom. The van der Waals surface area contributed by atoms with Crippen LogP contribution in [0.25, 0.3) is 0 Å². The Labute approximate surface area is 87.8 Å². The molecule has 0 aliphatic carbocycles. The number of carbonyl (C=O) groups excluding carboxylic acids is 1. The van der Waals surface area contributed by atoms with Crippen LogP contribution in [0.5, 0.6) is 0 Å². The summed E-state index contributed by atoms with van der Waals surface area (Å²) in [4.78, 5) is 11.1. The molecule has 2 rings (SSSR count). The molecule has 1 aromatic rings. The minimum absolute atomic E-state index is 0.0327. The van der Waals surface area contributed by atoms with Crippen LogP contribution in [-0.2, 0) is 19.4 Å². The number of aryl methyl sites for hydroxylation is 1. The highest BCUT2D eigenvalue weighted by Crippen LogP contribution is 2.22. The maximum Gasteiger partial charge on any atom is 0.328 e. The van der Waals surface area contributed by atoms with Crippen LogP contribution in [0.4, 0.5) is 0 Å².